The summed E-state index contributed by atoms with van der Waals surface area (Å²) in [6, 6.07) is 0. The molecule has 0 spiro atoms. The molecule has 0 aliphatic carbocycles. The maximum absolute atomic E-state index is 12.8. The second-order valence-corrected chi connectivity index (χ2v) is 20.2. The number of esters is 3. The Morgan fingerprint density at radius 3 is 0.867 bits per heavy atom. The Bertz CT molecular complexity index is 1570. The molecule has 6 heteroatoms. The molecule has 0 aliphatic rings. The number of carbonyl (C=O) groups excluding carboxylic acids is 3. The number of rotatable bonds is 55. The van der Waals surface area contributed by atoms with E-state index in [1.807, 2.05) is 0 Å². The molecular weight excluding hydrogens is 925 g/mol. The van der Waals surface area contributed by atoms with Crippen molar-refractivity contribution < 1.29 is 28.6 Å². The van der Waals surface area contributed by atoms with Gasteiger partial charge in [-0.05, 0) is 116 Å². The molecule has 0 heterocycles. The number of hydrogen-bond donors (Lipinski definition) is 0. The van der Waals surface area contributed by atoms with Crippen molar-refractivity contribution in [2.45, 2.75) is 284 Å². The largest absolute Gasteiger partial charge is 0.462 e. The molecule has 0 N–H and O–H groups in total. The lowest BCUT2D eigenvalue weighted by Gasteiger charge is -2.18. The van der Waals surface area contributed by atoms with Crippen LogP contribution >= 0.6 is 0 Å². The third kappa shape index (κ3) is 60.6. The maximum atomic E-state index is 12.8. The van der Waals surface area contributed by atoms with Gasteiger partial charge in [0.1, 0.15) is 13.2 Å². The first kappa shape index (κ1) is 70.8. The number of allylic oxidation sites excluding steroid dienone is 20. The second-order valence-electron chi connectivity index (χ2n) is 20.2. The Labute approximate surface area is 462 Å². The van der Waals surface area contributed by atoms with Crippen LogP contribution in [0.4, 0.5) is 0 Å². The summed E-state index contributed by atoms with van der Waals surface area (Å²) in [7, 11) is 0. The van der Waals surface area contributed by atoms with Crippen molar-refractivity contribution in [3.8, 4) is 0 Å². The topological polar surface area (TPSA) is 78.9 Å². The van der Waals surface area contributed by atoms with E-state index in [0.717, 1.165) is 116 Å². The lowest BCUT2D eigenvalue weighted by Crippen LogP contribution is -2.30. The molecule has 1 unspecified atom stereocenters. The predicted molar refractivity (Wildman–Crippen MR) is 325 cm³/mol. The van der Waals surface area contributed by atoms with E-state index in [0.29, 0.717) is 19.3 Å². The van der Waals surface area contributed by atoms with Gasteiger partial charge in [-0.3, -0.25) is 14.4 Å². The monoisotopic (exact) mass is 1040 g/mol. The van der Waals surface area contributed by atoms with E-state index >= 15 is 0 Å². The van der Waals surface area contributed by atoms with Crippen molar-refractivity contribution in [3.05, 3.63) is 122 Å². The Morgan fingerprint density at radius 1 is 0.280 bits per heavy atom. The van der Waals surface area contributed by atoms with Gasteiger partial charge in [-0.1, -0.05) is 264 Å². The van der Waals surface area contributed by atoms with Gasteiger partial charge in [0.05, 0.1) is 0 Å². The fraction of sp³-hybridized carbons (Fsp3) is 0.667. The van der Waals surface area contributed by atoms with Gasteiger partial charge in [-0.25, -0.2) is 0 Å². The third-order valence-electron chi connectivity index (χ3n) is 12.9. The molecule has 0 fully saturated rings. The molecule has 1 atom stereocenters. The molecule has 75 heavy (non-hydrogen) atoms. The number of ether oxygens (including phenoxy) is 3. The average molecular weight is 1040 g/mol. The first-order chi connectivity index (χ1) is 37.0. The van der Waals surface area contributed by atoms with Gasteiger partial charge in [0.25, 0.3) is 0 Å². The SMILES string of the molecule is CC/C=C\C/C=C\C/C=C\C/C=C\C/C=C\CCCC(=O)OC(COC(=O)CCCCCCC/C=C\CCCC)COC(=O)CCCCCCCCCCCCCCCCCC/C=C\C/C=C\C/C=C\C/C=C\CC. The molecular formula is C69H114O6. The van der Waals surface area contributed by atoms with E-state index in [1.54, 1.807) is 0 Å². The molecule has 0 saturated carbocycles. The first-order valence-corrected chi connectivity index (χ1v) is 31.0. The van der Waals surface area contributed by atoms with Gasteiger partial charge < -0.3 is 14.2 Å². The van der Waals surface area contributed by atoms with Crippen LogP contribution in [0.15, 0.2) is 122 Å². The molecule has 0 aliphatic heterocycles. The minimum atomic E-state index is -0.813. The van der Waals surface area contributed by atoms with Gasteiger partial charge in [0.2, 0.25) is 0 Å². The normalized spacial score (nSPS) is 12.9. The summed E-state index contributed by atoms with van der Waals surface area (Å²) >= 11 is 0. The van der Waals surface area contributed by atoms with Gasteiger partial charge in [-0.15, -0.1) is 0 Å². The van der Waals surface area contributed by atoms with E-state index in [2.05, 4.69) is 142 Å². The van der Waals surface area contributed by atoms with E-state index in [1.165, 1.54) is 116 Å². The van der Waals surface area contributed by atoms with Crippen molar-refractivity contribution >= 4 is 17.9 Å². The van der Waals surface area contributed by atoms with Gasteiger partial charge in [-0.2, -0.15) is 0 Å². The fourth-order valence-corrected chi connectivity index (χ4v) is 8.33. The van der Waals surface area contributed by atoms with Crippen LogP contribution in [0.25, 0.3) is 0 Å². The zero-order valence-corrected chi connectivity index (χ0v) is 48.8. The van der Waals surface area contributed by atoms with Crippen LogP contribution in [0.5, 0.6) is 0 Å². The highest BCUT2D eigenvalue weighted by Crippen LogP contribution is 2.16. The van der Waals surface area contributed by atoms with Gasteiger partial charge >= 0.3 is 17.9 Å². The Kier molecular flexibility index (Phi) is 58.9. The molecule has 6 nitrogen and oxygen atoms in total. The minimum absolute atomic E-state index is 0.104. The number of hydrogen-bond acceptors (Lipinski definition) is 6. The van der Waals surface area contributed by atoms with Crippen molar-refractivity contribution in [2.75, 3.05) is 13.2 Å². The predicted octanol–water partition coefficient (Wildman–Crippen LogP) is 21.2. The van der Waals surface area contributed by atoms with E-state index < -0.39 is 6.10 Å². The van der Waals surface area contributed by atoms with Crippen molar-refractivity contribution in [2.24, 2.45) is 0 Å². The molecule has 0 bridgehead atoms. The summed E-state index contributed by atoms with van der Waals surface area (Å²) in [6.45, 7) is 6.33. The van der Waals surface area contributed by atoms with Crippen LogP contribution in [0.2, 0.25) is 0 Å². The van der Waals surface area contributed by atoms with Crippen LogP contribution in [0.1, 0.15) is 278 Å². The third-order valence-corrected chi connectivity index (χ3v) is 12.9. The highest BCUT2D eigenvalue weighted by atomic mass is 16.6. The summed E-state index contributed by atoms with van der Waals surface area (Å²) in [5, 5.41) is 0. The second kappa shape index (κ2) is 62.4. The smallest absolute Gasteiger partial charge is 0.306 e. The molecule has 0 radical (unpaired) electrons. The molecule has 0 amide bonds. The van der Waals surface area contributed by atoms with Crippen molar-refractivity contribution in [1.29, 1.82) is 0 Å². The standard InChI is InChI=1S/C69H114O6/c1-4-7-10-13-16-19-22-24-26-28-29-30-31-32-33-34-35-36-37-38-39-41-42-44-47-50-53-56-59-62-68(71)74-65-66(64-73-67(70)61-58-55-52-49-46-21-18-15-12-9-6-3)75-69(72)63-60-57-54-51-48-45-43-40-27-25-23-20-17-14-11-8-5-2/h7-8,10-11,15-20,24-27,29-30,43,45,51,54,66H,4-6,9,12-14,21-23,28,31-42,44,46-50,52-53,55-65H2,1-3H3/b10-7-,11-8-,18-15-,19-16-,20-17-,26-24-,27-25-,30-29-,45-43-,54-51-. The van der Waals surface area contributed by atoms with Crippen LogP contribution in [-0.2, 0) is 28.6 Å². The molecule has 0 aromatic carbocycles. The zero-order chi connectivity index (χ0) is 54.3. The van der Waals surface area contributed by atoms with E-state index in [4.69, 9.17) is 14.2 Å². The molecule has 0 rings (SSSR count). The zero-order valence-electron chi connectivity index (χ0n) is 48.8. The molecule has 0 aromatic heterocycles. The quantitative estimate of drug-likeness (QED) is 0.0261. The lowest BCUT2D eigenvalue weighted by atomic mass is 10.0. The maximum Gasteiger partial charge on any atom is 0.306 e. The number of unbranched alkanes of at least 4 members (excludes halogenated alkanes) is 24. The average Bonchev–Trinajstić information content (AvgIpc) is 3.41. The lowest BCUT2D eigenvalue weighted by molar-refractivity contribution is -0.167. The Morgan fingerprint density at radius 2 is 0.533 bits per heavy atom. The van der Waals surface area contributed by atoms with Crippen LogP contribution in [0, 0.1) is 0 Å². The van der Waals surface area contributed by atoms with Crippen LogP contribution < -0.4 is 0 Å². The highest BCUT2D eigenvalue weighted by molar-refractivity contribution is 5.71. The summed E-state index contributed by atoms with van der Waals surface area (Å²) in [4.78, 5) is 38.2. The fourth-order valence-electron chi connectivity index (χ4n) is 8.33. The summed E-state index contributed by atoms with van der Waals surface area (Å²) < 4.78 is 16.8. The summed E-state index contributed by atoms with van der Waals surface area (Å²) in [5.74, 6) is -0.971. The number of carbonyl (C=O) groups is 3. The highest BCUT2D eigenvalue weighted by Gasteiger charge is 2.19. The first-order valence-electron chi connectivity index (χ1n) is 31.0. The van der Waals surface area contributed by atoms with Crippen LogP contribution in [0.3, 0.4) is 0 Å². The summed E-state index contributed by atoms with van der Waals surface area (Å²) in [6.07, 6.45) is 86.5. The van der Waals surface area contributed by atoms with Crippen molar-refractivity contribution in [1.82, 2.24) is 0 Å². The molecule has 0 aromatic rings. The van der Waals surface area contributed by atoms with E-state index in [-0.39, 0.29) is 37.5 Å². The molecule has 426 valence electrons. The minimum Gasteiger partial charge on any atom is -0.462 e. The van der Waals surface area contributed by atoms with Crippen LogP contribution in [-0.4, -0.2) is 37.2 Å². The van der Waals surface area contributed by atoms with E-state index in [9.17, 15) is 14.4 Å². The Hall–Kier alpha value is -4.19. The molecule has 0 saturated heterocycles. The van der Waals surface area contributed by atoms with Crippen molar-refractivity contribution in [3.63, 3.8) is 0 Å². The van der Waals surface area contributed by atoms with Gasteiger partial charge in [0, 0.05) is 19.3 Å². The Balaban J connectivity index is 4.27. The summed E-state index contributed by atoms with van der Waals surface area (Å²) in [5.41, 5.74) is 0. The van der Waals surface area contributed by atoms with Gasteiger partial charge in [0.15, 0.2) is 6.10 Å².